The SMILES string of the molecule is COc1ccccc1-c1noc(C(C)NC(=O)C2(N)CCOCC2)n1.Cl. The Morgan fingerprint density at radius 1 is 1.35 bits per heavy atom. The minimum absolute atomic E-state index is 0. The van der Waals surface area contributed by atoms with Crippen LogP contribution >= 0.6 is 12.4 Å². The molecule has 1 saturated heterocycles. The third-order valence-electron chi connectivity index (χ3n) is 4.34. The van der Waals surface area contributed by atoms with Gasteiger partial charge in [0, 0.05) is 13.2 Å². The van der Waals surface area contributed by atoms with Crippen molar-refractivity contribution in [2.24, 2.45) is 5.73 Å². The number of rotatable bonds is 5. The van der Waals surface area contributed by atoms with E-state index in [9.17, 15) is 4.79 Å². The molecule has 1 aromatic heterocycles. The zero-order valence-electron chi connectivity index (χ0n) is 14.7. The number of nitrogens with one attached hydrogen (secondary N) is 1. The minimum atomic E-state index is -0.919. The number of nitrogens with zero attached hydrogens (tertiary/aromatic N) is 2. The van der Waals surface area contributed by atoms with Crippen molar-refractivity contribution in [2.75, 3.05) is 20.3 Å². The van der Waals surface area contributed by atoms with E-state index in [1.807, 2.05) is 24.3 Å². The Labute approximate surface area is 157 Å². The monoisotopic (exact) mass is 382 g/mol. The Bertz CT molecular complexity index is 746. The molecule has 2 aromatic rings. The minimum Gasteiger partial charge on any atom is -0.496 e. The van der Waals surface area contributed by atoms with Gasteiger partial charge >= 0.3 is 0 Å². The van der Waals surface area contributed by atoms with E-state index in [1.54, 1.807) is 14.0 Å². The van der Waals surface area contributed by atoms with Crippen molar-refractivity contribution in [2.45, 2.75) is 31.3 Å². The largest absolute Gasteiger partial charge is 0.496 e. The molecule has 2 heterocycles. The van der Waals surface area contributed by atoms with Crippen molar-refractivity contribution in [1.29, 1.82) is 0 Å². The molecule has 9 heteroatoms. The smallest absolute Gasteiger partial charge is 0.249 e. The van der Waals surface area contributed by atoms with E-state index in [1.165, 1.54) is 0 Å². The van der Waals surface area contributed by atoms with Crippen LogP contribution < -0.4 is 15.8 Å². The second kappa shape index (κ2) is 8.48. The number of carbonyl (C=O) groups excluding carboxylic acids is 1. The lowest BCUT2D eigenvalue weighted by molar-refractivity contribution is -0.130. The highest BCUT2D eigenvalue weighted by Gasteiger charge is 2.37. The molecule has 8 nitrogen and oxygen atoms in total. The molecule has 3 N–H and O–H groups in total. The maximum absolute atomic E-state index is 12.5. The second-order valence-corrected chi connectivity index (χ2v) is 6.12. The Hall–Kier alpha value is -2.16. The fourth-order valence-corrected chi connectivity index (χ4v) is 2.71. The molecule has 0 aliphatic carbocycles. The number of aromatic nitrogens is 2. The number of hydrogen-bond donors (Lipinski definition) is 2. The van der Waals surface area contributed by atoms with Gasteiger partial charge in [-0.3, -0.25) is 4.79 Å². The zero-order chi connectivity index (χ0) is 17.9. The topological polar surface area (TPSA) is 113 Å². The molecule has 0 radical (unpaired) electrons. The number of nitrogens with two attached hydrogens (primary N) is 1. The van der Waals surface area contributed by atoms with Crippen molar-refractivity contribution in [3.63, 3.8) is 0 Å². The molecule has 1 unspecified atom stereocenters. The van der Waals surface area contributed by atoms with E-state index in [-0.39, 0.29) is 18.3 Å². The van der Waals surface area contributed by atoms with Crippen LogP contribution in [0.5, 0.6) is 5.75 Å². The molecule has 1 amide bonds. The third kappa shape index (κ3) is 4.14. The van der Waals surface area contributed by atoms with Gasteiger partial charge in [-0.2, -0.15) is 4.98 Å². The lowest BCUT2D eigenvalue weighted by Gasteiger charge is -2.32. The molecule has 0 bridgehead atoms. The van der Waals surface area contributed by atoms with Crippen LogP contribution in [0, 0.1) is 0 Å². The lowest BCUT2D eigenvalue weighted by atomic mass is 9.90. The van der Waals surface area contributed by atoms with E-state index in [0.29, 0.717) is 43.5 Å². The summed E-state index contributed by atoms with van der Waals surface area (Å²) in [5, 5.41) is 6.84. The van der Waals surface area contributed by atoms with E-state index < -0.39 is 11.6 Å². The number of para-hydroxylation sites is 1. The van der Waals surface area contributed by atoms with Crippen molar-refractivity contribution < 1.29 is 18.8 Å². The summed E-state index contributed by atoms with van der Waals surface area (Å²) in [4.78, 5) is 16.9. The quantitative estimate of drug-likeness (QED) is 0.811. The lowest BCUT2D eigenvalue weighted by Crippen LogP contribution is -2.57. The molecular weight excluding hydrogens is 360 g/mol. The van der Waals surface area contributed by atoms with Crippen LogP contribution in [-0.4, -0.2) is 41.9 Å². The first-order chi connectivity index (χ1) is 12.0. The highest BCUT2D eigenvalue weighted by atomic mass is 35.5. The van der Waals surface area contributed by atoms with Gasteiger partial charge in [0.1, 0.15) is 11.8 Å². The van der Waals surface area contributed by atoms with Crippen LogP contribution in [0.25, 0.3) is 11.4 Å². The zero-order valence-corrected chi connectivity index (χ0v) is 15.5. The molecule has 0 saturated carbocycles. The highest BCUT2D eigenvalue weighted by Crippen LogP contribution is 2.28. The highest BCUT2D eigenvalue weighted by molar-refractivity contribution is 5.86. The van der Waals surface area contributed by atoms with Gasteiger partial charge in [0.25, 0.3) is 0 Å². The summed E-state index contributed by atoms with van der Waals surface area (Å²) in [7, 11) is 1.58. The fourth-order valence-electron chi connectivity index (χ4n) is 2.71. The Morgan fingerprint density at radius 3 is 2.73 bits per heavy atom. The second-order valence-electron chi connectivity index (χ2n) is 6.12. The number of carbonyl (C=O) groups is 1. The summed E-state index contributed by atoms with van der Waals surface area (Å²) in [5.41, 5.74) is 5.99. The molecule has 1 aliphatic rings. The van der Waals surface area contributed by atoms with Crippen molar-refractivity contribution in [3.8, 4) is 17.1 Å². The fraction of sp³-hybridized carbons (Fsp3) is 0.471. The summed E-state index contributed by atoms with van der Waals surface area (Å²) in [6.07, 6.45) is 0.976. The van der Waals surface area contributed by atoms with Crippen molar-refractivity contribution >= 4 is 18.3 Å². The van der Waals surface area contributed by atoms with Crippen LogP contribution in [0.2, 0.25) is 0 Å². The van der Waals surface area contributed by atoms with Crippen LogP contribution in [0.1, 0.15) is 31.7 Å². The van der Waals surface area contributed by atoms with Gasteiger partial charge in [-0.1, -0.05) is 17.3 Å². The number of benzene rings is 1. The Morgan fingerprint density at radius 2 is 2.04 bits per heavy atom. The predicted molar refractivity (Wildman–Crippen MR) is 97.1 cm³/mol. The van der Waals surface area contributed by atoms with Crippen LogP contribution in [-0.2, 0) is 9.53 Å². The number of ether oxygens (including phenoxy) is 2. The van der Waals surface area contributed by atoms with Gasteiger partial charge in [-0.05, 0) is 31.9 Å². The Kier molecular flexibility index (Phi) is 6.57. The molecular formula is C17H23ClN4O4. The molecule has 3 rings (SSSR count). The van der Waals surface area contributed by atoms with E-state index in [2.05, 4.69) is 15.5 Å². The summed E-state index contributed by atoms with van der Waals surface area (Å²) in [6, 6.07) is 6.93. The average Bonchev–Trinajstić information content (AvgIpc) is 3.12. The number of methoxy groups -OCH3 is 1. The molecule has 142 valence electrons. The van der Waals surface area contributed by atoms with Crippen molar-refractivity contribution in [3.05, 3.63) is 30.2 Å². The summed E-state index contributed by atoms with van der Waals surface area (Å²) < 4.78 is 15.9. The van der Waals surface area contributed by atoms with Crippen LogP contribution in [0.4, 0.5) is 0 Å². The number of hydrogen-bond acceptors (Lipinski definition) is 7. The maximum Gasteiger partial charge on any atom is 0.249 e. The standard InChI is InChI=1S/C17H22N4O4.ClH/c1-11(19-16(22)17(18)7-9-24-10-8-17)15-20-14(21-25-15)12-5-3-4-6-13(12)23-2;/h3-6,11H,7-10,18H2,1-2H3,(H,19,22);1H. The van der Waals surface area contributed by atoms with E-state index in [4.69, 9.17) is 19.7 Å². The number of halogens is 1. The predicted octanol–water partition coefficient (Wildman–Crippen LogP) is 1.85. The summed E-state index contributed by atoms with van der Waals surface area (Å²) in [6.45, 7) is 2.74. The van der Waals surface area contributed by atoms with Gasteiger partial charge < -0.3 is 25.0 Å². The van der Waals surface area contributed by atoms with Crippen LogP contribution in [0.15, 0.2) is 28.8 Å². The van der Waals surface area contributed by atoms with Gasteiger partial charge in [0.15, 0.2) is 0 Å². The average molecular weight is 383 g/mol. The molecule has 1 atom stereocenters. The normalized spacial score (nSPS) is 17.0. The van der Waals surface area contributed by atoms with Crippen LogP contribution in [0.3, 0.4) is 0 Å². The van der Waals surface area contributed by atoms with Crippen molar-refractivity contribution in [1.82, 2.24) is 15.5 Å². The first-order valence-electron chi connectivity index (χ1n) is 8.18. The van der Waals surface area contributed by atoms with Gasteiger partial charge in [-0.15, -0.1) is 12.4 Å². The summed E-state index contributed by atoms with van der Waals surface area (Å²) >= 11 is 0. The van der Waals surface area contributed by atoms with E-state index >= 15 is 0 Å². The first-order valence-corrected chi connectivity index (χ1v) is 8.18. The molecule has 0 spiro atoms. The Balaban J connectivity index is 0.00000243. The molecule has 1 aliphatic heterocycles. The molecule has 1 fully saturated rings. The number of amides is 1. The first kappa shape index (κ1) is 20.2. The van der Waals surface area contributed by atoms with Gasteiger partial charge in [0.2, 0.25) is 17.6 Å². The third-order valence-corrected chi connectivity index (χ3v) is 4.34. The molecule has 1 aromatic carbocycles. The van der Waals surface area contributed by atoms with E-state index in [0.717, 1.165) is 5.56 Å². The van der Waals surface area contributed by atoms with Gasteiger partial charge in [0.05, 0.1) is 18.2 Å². The van der Waals surface area contributed by atoms with Gasteiger partial charge in [-0.25, -0.2) is 0 Å². The summed E-state index contributed by atoms with van der Waals surface area (Å²) in [5.74, 6) is 1.13. The maximum atomic E-state index is 12.5. The molecule has 26 heavy (non-hydrogen) atoms.